The van der Waals surface area contributed by atoms with Crippen molar-refractivity contribution < 1.29 is 13.2 Å². The van der Waals surface area contributed by atoms with Crippen LogP contribution in [0, 0.1) is 12.8 Å². The zero-order valence-corrected chi connectivity index (χ0v) is 19.4. The Hall–Kier alpha value is -1.60. The standard InChI is InChI=1S/C22H26Cl2N2O3S/c1-15-8-10-17(11-9-15)16(2)25-22(27)18-5-4-12-26(13-18)30(28,29)14-19-20(23)6-3-7-21(19)24/h3,6-11,16,18H,4-5,12-14H2,1-2H3,(H,25,27). The van der Waals surface area contributed by atoms with E-state index >= 15 is 0 Å². The van der Waals surface area contributed by atoms with Crippen LogP contribution in [-0.4, -0.2) is 31.7 Å². The van der Waals surface area contributed by atoms with Gasteiger partial charge in [0.1, 0.15) is 0 Å². The number of rotatable bonds is 6. The van der Waals surface area contributed by atoms with Crippen LogP contribution in [0.3, 0.4) is 0 Å². The number of hydrogen-bond donors (Lipinski definition) is 1. The van der Waals surface area contributed by atoms with E-state index in [9.17, 15) is 13.2 Å². The van der Waals surface area contributed by atoms with Gasteiger partial charge in [-0.3, -0.25) is 4.79 Å². The third-order valence-electron chi connectivity index (χ3n) is 5.47. The molecule has 162 valence electrons. The Kier molecular flexibility index (Phi) is 7.45. The smallest absolute Gasteiger partial charge is 0.224 e. The third kappa shape index (κ3) is 5.55. The van der Waals surface area contributed by atoms with E-state index in [0.717, 1.165) is 11.1 Å². The summed E-state index contributed by atoms with van der Waals surface area (Å²) in [4.78, 5) is 12.8. The summed E-state index contributed by atoms with van der Waals surface area (Å²) in [5, 5.41) is 3.67. The maximum atomic E-state index is 13.0. The van der Waals surface area contributed by atoms with E-state index in [0.29, 0.717) is 35.0 Å². The summed E-state index contributed by atoms with van der Waals surface area (Å²) in [7, 11) is -3.65. The van der Waals surface area contributed by atoms with Crippen LogP contribution in [0.5, 0.6) is 0 Å². The number of sulfonamides is 1. The average molecular weight is 469 g/mol. The second-order valence-corrected chi connectivity index (χ2v) is 10.6. The van der Waals surface area contributed by atoms with Crippen LogP contribution in [0.25, 0.3) is 0 Å². The number of piperidine rings is 1. The van der Waals surface area contributed by atoms with Crippen LogP contribution >= 0.6 is 23.2 Å². The molecule has 2 aromatic rings. The first kappa shape index (κ1) is 23.1. The molecule has 2 unspecified atom stereocenters. The summed E-state index contributed by atoms with van der Waals surface area (Å²) in [6, 6.07) is 12.8. The number of nitrogens with one attached hydrogen (secondary N) is 1. The van der Waals surface area contributed by atoms with Gasteiger partial charge < -0.3 is 5.32 Å². The van der Waals surface area contributed by atoms with Gasteiger partial charge >= 0.3 is 0 Å². The van der Waals surface area contributed by atoms with Crippen LogP contribution < -0.4 is 5.32 Å². The van der Waals surface area contributed by atoms with E-state index in [1.54, 1.807) is 18.2 Å². The molecule has 30 heavy (non-hydrogen) atoms. The highest BCUT2D eigenvalue weighted by atomic mass is 35.5. The molecule has 1 fully saturated rings. The quantitative estimate of drug-likeness (QED) is 0.666. The van der Waals surface area contributed by atoms with Crippen LogP contribution in [-0.2, 0) is 20.6 Å². The minimum absolute atomic E-state index is 0.126. The number of hydrogen-bond acceptors (Lipinski definition) is 3. The Morgan fingerprint density at radius 1 is 1.17 bits per heavy atom. The summed E-state index contributed by atoms with van der Waals surface area (Å²) < 4.78 is 27.3. The lowest BCUT2D eigenvalue weighted by atomic mass is 9.97. The third-order valence-corrected chi connectivity index (χ3v) is 7.95. The number of aryl methyl sites for hydroxylation is 1. The van der Waals surface area contributed by atoms with Gasteiger partial charge in [-0.15, -0.1) is 0 Å². The summed E-state index contributed by atoms with van der Waals surface area (Å²) in [6.07, 6.45) is 1.29. The van der Waals surface area contributed by atoms with E-state index in [4.69, 9.17) is 23.2 Å². The van der Waals surface area contributed by atoms with Gasteiger partial charge in [0, 0.05) is 28.7 Å². The highest BCUT2D eigenvalue weighted by Crippen LogP contribution is 2.29. The molecule has 0 radical (unpaired) electrons. The lowest BCUT2D eigenvalue weighted by Gasteiger charge is -2.32. The van der Waals surface area contributed by atoms with Gasteiger partial charge in [0.2, 0.25) is 15.9 Å². The predicted molar refractivity (Wildman–Crippen MR) is 121 cm³/mol. The first-order valence-corrected chi connectivity index (χ1v) is 12.3. The fourth-order valence-corrected chi connectivity index (χ4v) is 5.98. The number of benzene rings is 2. The molecule has 2 aromatic carbocycles. The van der Waals surface area contributed by atoms with Gasteiger partial charge in [0.25, 0.3) is 0 Å². The van der Waals surface area contributed by atoms with Crippen molar-refractivity contribution in [3.63, 3.8) is 0 Å². The van der Waals surface area contributed by atoms with Crippen molar-refractivity contribution in [2.45, 2.75) is 38.5 Å². The molecule has 1 heterocycles. The Bertz CT molecular complexity index is 989. The zero-order chi connectivity index (χ0) is 21.9. The average Bonchev–Trinajstić information content (AvgIpc) is 2.71. The minimum Gasteiger partial charge on any atom is -0.349 e. The number of halogens is 2. The summed E-state index contributed by atoms with van der Waals surface area (Å²) in [6.45, 7) is 4.50. The van der Waals surface area contributed by atoms with E-state index in [1.807, 2.05) is 38.1 Å². The van der Waals surface area contributed by atoms with Crippen LogP contribution in [0.1, 0.15) is 42.5 Å². The molecule has 8 heteroatoms. The summed E-state index contributed by atoms with van der Waals surface area (Å²) in [5.41, 5.74) is 2.56. The van der Waals surface area contributed by atoms with Crippen molar-refractivity contribution in [3.8, 4) is 0 Å². The Morgan fingerprint density at radius 2 is 1.80 bits per heavy atom. The first-order valence-electron chi connectivity index (χ1n) is 9.95. The molecule has 2 atom stereocenters. The van der Waals surface area contributed by atoms with Gasteiger partial charge in [-0.05, 0) is 44.4 Å². The molecule has 0 saturated carbocycles. The normalized spacial score (nSPS) is 18.7. The molecular weight excluding hydrogens is 443 g/mol. The summed E-state index contributed by atoms with van der Waals surface area (Å²) in [5.74, 6) is -0.790. The first-order chi connectivity index (χ1) is 14.2. The minimum atomic E-state index is -3.65. The van der Waals surface area contributed by atoms with Crippen LogP contribution in [0.2, 0.25) is 10.0 Å². The zero-order valence-electron chi connectivity index (χ0n) is 17.1. The highest BCUT2D eigenvalue weighted by Gasteiger charge is 2.33. The monoisotopic (exact) mass is 468 g/mol. The Morgan fingerprint density at radius 3 is 2.43 bits per heavy atom. The molecule has 5 nitrogen and oxygen atoms in total. The van der Waals surface area contributed by atoms with E-state index in [-0.39, 0.29) is 30.2 Å². The van der Waals surface area contributed by atoms with Crippen LogP contribution in [0.4, 0.5) is 0 Å². The van der Waals surface area contributed by atoms with Gasteiger partial charge in [-0.25, -0.2) is 12.7 Å². The SMILES string of the molecule is Cc1ccc(C(C)NC(=O)C2CCCN(S(=O)(=O)Cc3c(Cl)cccc3Cl)C2)cc1. The fourth-order valence-electron chi connectivity index (χ4n) is 3.62. The van der Waals surface area contributed by atoms with Gasteiger partial charge in [0.05, 0.1) is 17.7 Å². The number of nitrogens with zero attached hydrogens (tertiary/aromatic N) is 1. The lowest BCUT2D eigenvalue weighted by Crippen LogP contribution is -2.46. The largest absolute Gasteiger partial charge is 0.349 e. The number of carbonyl (C=O) groups is 1. The molecule has 1 amide bonds. The topological polar surface area (TPSA) is 66.5 Å². The predicted octanol–water partition coefficient (Wildman–Crippen LogP) is 4.72. The van der Waals surface area contributed by atoms with Gasteiger partial charge in [-0.1, -0.05) is 59.1 Å². The van der Waals surface area contributed by atoms with Crippen LogP contribution in [0.15, 0.2) is 42.5 Å². The molecular formula is C22H26Cl2N2O3S. The van der Waals surface area contributed by atoms with Crippen molar-refractivity contribution in [2.75, 3.05) is 13.1 Å². The van der Waals surface area contributed by atoms with Gasteiger partial charge in [-0.2, -0.15) is 0 Å². The highest BCUT2D eigenvalue weighted by molar-refractivity contribution is 7.88. The van der Waals surface area contributed by atoms with E-state index < -0.39 is 10.0 Å². The van der Waals surface area contributed by atoms with Gasteiger partial charge in [0.15, 0.2) is 0 Å². The van der Waals surface area contributed by atoms with Crippen molar-refractivity contribution >= 4 is 39.1 Å². The molecule has 0 spiro atoms. The molecule has 3 rings (SSSR count). The second-order valence-electron chi connectivity index (χ2n) is 7.79. The molecule has 0 aliphatic carbocycles. The van der Waals surface area contributed by atoms with E-state index in [2.05, 4.69) is 5.32 Å². The Labute approximate surface area is 188 Å². The van der Waals surface area contributed by atoms with Crippen molar-refractivity contribution in [1.29, 1.82) is 0 Å². The fraction of sp³-hybridized carbons (Fsp3) is 0.409. The van der Waals surface area contributed by atoms with Crippen molar-refractivity contribution in [1.82, 2.24) is 9.62 Å². The van der Waals surface area contributed by atoms with E-state index in [1.165, 1.54) is 4.31 Å². The number of amides is 1. The molecule has 1 N–H and O–H groups in total. The maximum absolute atomic E-state index is 13.0. The second kappa shape index (κ2) is 9.69. The number of carbonyl (C=O) groups excluding carboxylic acids is 1. The molecule has 0 aromatic heterocycles. The van der Waals surface area contributed by atoms with Crippen molar-refractivity contribution in [3.05, 3.63) is 69.2 Å². The molecule has 1 aliphatic heterocycles. The molecule has 0 bridgehead atoms. The molecule has 1 saturated heterocycles. The molecule has 1 aliphatic rings. The lowest BCUT2D eigenvalue weighted by molar-refractivity contribution is -0.126. The Balaban J connectivity index is 1.66. The van der Waals surface area contributed by atoms with Crippen molar-refractivity contribution in [2.24, 2.45) is 5.92 Å². The summed E-state index contributed by atoms with van der Waals surface area (Å²) >= 11 is 12.3. The maximum Gasteiger partial charge on any atom is 0.224 e.